The fraction of sp³-hybridized carbons (Fsp3) is 0.440. The summed E-state index contributed by atoms with van der Waals surface area (Å²) in [6.45, 7) is 10.9. The highest BCUT2D eigenvalue weighted by atomic mass is 16.5. The highest BCUT2D eigenvalue weighted by Crippen LogP contribution is 2.22. The van der Waals surface area contributed by atoms with Gasteiger partial charge in [-0.2, -0.15) is 0 Å². The normalized spacial score (nSPS) is 16.8. The van der Waals surface area contributed by atoms with Crippen LogP contribution >= 0.6 is 0 Å². The van der Waals surface area contributed by atoms with E-state index in [9.17, 15) is 9.90 Å². The molecular weight excluding hydrogens is 404 g/mol. The molecule has 0 saturated carbocycles. The van der Waals surface area contributed by atoms with Crippen LogP contribution in [0.15, 0.2) is 53.5 Å². The summed E-state index contributed by atoms with van der Waals surface area (Å²) < 4.78 is 5.44. The van der Waals surface area contributed by atoms with Gasteiger partial charge >= 0.3 is 5.97 Å². The van der Waals surface area contributed by atoms with E-state index in [1.807, 2.05) is 13.0 Å². The number of anilines is 2. The third-order valence-electron chi connectivity index (χ3n) is 5.54. The van der Waals surface area contributed by atoms with E-state index in [0.717, 1.165) is 37.7 Å². The van der Waals surface area contributed by atoms with Crippen molar-refractivity contribution in [1.29, 1.82) is 0 Å². The molecule has 0 aromatic heterocycles. The van der Waals surface area contributed by atoms with E-state index in [2.05, 4.69) is 53.2 Å². The molecule has 0 unspecified atom stereocenters. The molecule has 1 fully saturated rings. The third-order valence-corrected chi connectivity index (χ3v) is 5.54. The van der Waals surface area contributed by atoms with Crippen molar-refractivity contribution in [3.63, 3.8) is 0 Å². The smallest absolute Gasteiger partial charge is 0.335 e. The summed E-state index contributed by atoms with van der Waals surface area (Å²) >= 11 is 0. The van der Waals surface area contributed by atoms with Gasteiger partial charge in [0, 0.05) is 56.8 Å². The van der Waals surface area contributed by atoms with Crippen LogP contribution in [0.25, 0.3) is 0 Å². The van der Waals surface area contributed by atoms with Crippen LogP contribution in [0, 0.1) is 6.92 Å². The highest BCUT2D eigenvalue weighted by molar-refractivity contribution is 5.96. The Morgan fingerprint density at radius 2 is 2.03 bits per heavy atom. The molecule has 32 heavy (non-hydrogen) atoms. The van der Waals surface area contributed by atoms with Crippen molar-refractivity contribution >= 4 is 23.3 Å². The molecule has 3 rings (SSSR count). The number of ether oxygens (including phenoxy) is 1. The van der Waals surface area contributed by atoms with E-state index in [-0.39, 0.29) is 5.56 Å². The van der Waals surface area contributed by atoms with Crippen LogP contribution in [-0.4, -0.2) is 67.4 Å². The number of rotatable bonds is 8. The SMILES string of the molecule is CCOCCCN=C(Nc1cccc(C(=O)O)c1)N1CCN(c2cccc(C)c2)[C@@H](C)C1. The first-order valence-corrected chi connectivity index (χ1v) is 11.3. The number of carbonyl (C=O) groups is 1. The molecule has 1 atom stereocenters. The lowest BCUT2D eigenvalue weighted by atomic mass is 10.1. The lowest BCUT2D eigenvalue weighted by Gasteiger charge is -2.42. The number of aromatic carboxylic acids is 1. The van der Waals surface area contributed by atoms with Crippen LogP contribution in [0.4, 0.5) is 11.4 Å². The van der Waals surface area contributed by atoms with Gasteiger partial charge in [-0.3, -0.25) is 4.99 Å². The Morgan fingerprint density at radius 1 is 1.22 bits per heavy atom. The van der Waals surface area contributed by atoms with Gasteiger partial charge in [-0.1, -0.05) is 18.2 Å². The van der Waals surface area contributed by atoms with Gasteiger partial charge in [0.25, 0.3) is 0 Å². The number of carboxylic acid groups (broad SMARTS) is 1. The molecule has 0 spiro atoms. The maximum atomic E-state index is 11.4. The number of aryl methyl sites for hydroxylation is 1. The van der Waals surface area contributed by atoms with Crippen molar-refractivity contribution in [3.05, 3.63) is 59.7 Å². The molecule has 0 bridgehead atoms. The zero-order valence-electron chi connectivity index (χ0n) is 19.3. The Morgan fingerprint density at radius 3 is 2.75 bits per heavy atom. The minimum Gasteiger partial charge on any atom is -0.478 e. The van der Waals surface area contributed by atoms with Gasteiger partial charge in [0.15, 0.2) is 5.96 Å². The van der Waals surface area contributed by atoms with Crippen molar-refractivity contribution in [2.24, 2.45) is 4.99 Å². The van der Waals surface area contributed by atoms with Gasteiger partial charge in [-0.05, 0) is 63.1 Å². The molecule has 1 aliphatic heterocycles. The summed E-state index contributed by atoms with van der Waals surface area (Å²) in [4.78, 5) is 20.9. The zero-order valence-corrected chi connectivity index (χ0v) is 19.3. The van der Waals surface area contributed by atoms with Gasteiger partial charge in [0.1, 0.15) is 0 Å². The quantitative estimate of drug-likeness (QED) is 0.367. The molecule has 0 aliphatic carbocycles. The number of benzene rings is 2. The standard InChI is InChI=1S/C25H34N4O3/c1-4-32-15-7-12-26-25(27-22-10-6-9-21(17-22)24(30)31)28-13-14-29(20(3)18-28)23-11-5-8-19(2)16-23/h5-6,8-11,16-17,20H,4,7,12-15,18H2,1-3H3,(H,26,27)(H,30,31)/t20-/m0/s1. The molecule has 0 amide bonds. The number of hydrogen-bond donors (Lipinski definition) is 2. The Bertz CT molecular complexity index is 931. The van der Waals surface area contributed by atoms with Crippen molar-refractivity contribution in [2.75, 3.05) is 49.6 Å². The Hall–Kier alpha value is -3.06. The molecule has 7 nitrogen and oxygen atoms in total. The summed E-state index contributed by atoms with van der Waals surface area (Å²) in [6.07, 6.45) is 0.840. The molecule has 1 aliphatic rings. The maximum Gasteiger partial charge on any atom is 0.335 e. The number of hydrogen-bond acceptors (Lipinski definition) is 4. The van der Waals surface area contributed by atoms with Crippen molar-refractivity contribution in [2.45, 2.75) is 33.2 Å². The lowest BCUT2D eigenvalue weighted by Crippen LogP contribution is -2.55. The molecule has 172 valence electrons. The van der Waals surface area contributed by atoms with Crippen molar-refractivity contribution in [3.8, 4) is 0 Å². The second kappa shape index (κ2) is 11.5. The van der Waals surface area contributed by atoms with E-state index in [0.29, 0.717) is 25.8 Å². The highest BCUT2D eigenvalue weighted by Gasteiger charge is 2.26. The summed E-state index contributed by atoms with van der Waals surface area (Å²) in [5, 5.41) is 12.7. The van der Waals surface area contributed by atoms with Crippen LogP contribution in [0.2, 0.25) is 0 Å². The van der Waals surface area contributed by atoms with Crippen molar-refractivity contribution in [1.82, 2.24) is 4.90 Å². The fourth-order valence-electron chi connectivity index (χ4n) is 3.91. The monoisotopic (exact) mass is 438 g/mol. The maximum absolute atomic E-state index is 11.4. The van der Waals surface area contributed by atoms with Gasteiger partial charge < -0.3 is 25.0 Å². The number of guanidine groups is 1. The third kappa shape index (κ3) is 6.47. The lowest BCUT2D eigenvalue weighted by molar-refractivity contribution is 0.0697. The average molecular weight is 439 g/mol. The average Bonchev–Trinajstić information content (AvgIpc) is 2.78. The Kier molecular flexibility index (Phi) is 8.50. The second-order valence-electron chi connectivity index (χ2n) is 8.09. The van der Waals surface area contributed by atoms with Gasteiger partial charge in [0.2, 0.25) is 0 Å². The van der Waals surface area contributed by atoms with Crippen molar-refractivity contribution < 1.29 is 14.6 Å². The number of nitrogens with zero attached hydrogens (tertiary/aromatic N) is 3. The molecule has 2 aromatic rings. The minimum absolute atomic E-state index is 0.253. The van der Waals surface area contributed by atoms with Gasteiger partial charge in [-0.15, -0.1) is 0 Å². The Labute approximate surface area is 190 Å². The first kappa shape index (κ1) is 23.6. The molecular formula is C25H34N4O3. The zero-order chi connectivity index (χ0) is 22.9. The molecule has 2 N–H and O–H groups in total. The van der Waals surface area contributed by atoms with E-state index >= 15 is 0 Å². The summed E-state index contributed by atoms with van der Waals surface area (Å²) in [6, 6.07) is 15.8. The van der Waals surface area contributed by atoms with E-state index in [1.165, 1.54) is 11.3 Å². The molecule has 2 aromatic carbocycles. The number of nitrogens with one attached hydrogen (secondary N) is 1. The minimum atomic E-state index is -0.941. The molecule has 1 saturated heterocycles. The van der Waals surface area contributed by atoms with Gasteiger partial charge in [0.05, 0.1) is 5.56 Å². The van der Waals surface area contributed by atoms with Crippen LogP contribution in [0.1, 0.15) is 36.2 Å². The molecule has 7 heteroatoms. The summed E-state index contributed by atoms with van der Waals surface area (Å²) in [5.41, 5.74) is 3.48. The summed E-state index contributed by atoms with van der Waals surface area (Å²) in [5.74, 6) is -0.163. The van der Waals surface area contributed by atoms with E-state index in [1.54, 1.807) is 18.2 Å². The second-order valence-corrected chi connectivity index (χ2v) is 8.09. The van der Waals surface area contributed by atoms with Crippen LogP contribution in [0.3, 0.4) is 0 Å². The van der Waals surface area contributed by atoms with E-state index < -0.39 is 5.97 Å². The Balaban J connectivity index is 1.73. The molecule has 0 radical (unpaired) electrons. The summed E-state index contributed by atoms with van der Waals surface area (Å²) in [7, 11) is 0. The largest absolute Gasteiger partial charge is 0.478 e. The predicted molar refractivity (Wildman–Crippen MR) is 130 cm³/mol. The van der Waals surface area contributed by atoms with Gasteiger partial charge in [-0.25, -0.2) is 4.79 Å². The number of carboxylic acids is 1. The topological polar surface area (TPSA) is 77.4 Å². The molecule has 1 heterocycles. The first-order valence-electron chi connectivity index (χ1n) is 11.3. The number of aliphatic imine (C=N–C) groups is 1. The van der Waals surface area contributed by atoms with Crippen LogP contribution in [-0.2, 0) is 4.74 Å². The van der Waals surface area contributed by atoms with E-state index in [4.69, 9.17) is 9.73 Å². The predicted octanol–water partition coefficient (Wildman–Crippen LogP) is 4.10. The first-order chi connectivity index (χ1) is 15.5. The fourth-order valence-corrected chi connectivity index (χ4v) is 3.91. The van der Waals surface area contributed by atoms with Crippen LogP contribution < -0.4 is 10.2 Å². The number of piperazine rings is 1. The van der Waals surface area contributed by atoms with Crippen LogP contribution in [0.5, 0.6) is 0 Å².